The third kappa shape index (κ3) is 2.94. The molecule has 0 aliphatic carbocycles. The normalized spacial score (nSPS) is 18.2. The number of rotatable bonds is 3. The average Bonchev–Trinajstić information content (AvgIpc) is 3.06. The van der Waals surface area contributed by atoms with E-state index in [1.807, 2.05) is 30.3 Å². The molecule has 1 fully saturated rings. The topological polar surface area (TPSA) is 31.6 Å². The zero-order valence-corrected chi connectivity index (χ0v) is 12.6. The summed E-state index contributed by atoms with van der Waals surface area (Å²) in [5, 5.41) is 0.760. The van der Waals surface area contributed by atoms with E-state index in [0.29, 0.717) is 5.58 Å². The van der Waals surface area contributed by atoms with E-state index in [0.717, 1.165) is 48.1 Å². The van der Waals surface area contributed by atoms with Crippen molar-refractivity contribution in [3.05, 3.63) is 54.5 Å². The van der Waals surface area contributed by atoms with Gasteiger partial charge < -0.3 is 13.9 Å². The van der Waals surface area contributed by atoms with Gasteiger partial charge in [-0.05, 0) is 54.3 Å². The van der Waals surface area contributed by atoms with E-state index in [4.69, 9.17) is 13.9 Å². The second-order valence-electron chi connectivity index (χ2n) is 5.74. The molecular formula is C19H17FO3. The summed E-state index contributed by atoms with van der Waals surface area (Å²) in [5.41, 5.74) is 2.05. The minimum atomic E-state index is -0.349. The Labute approximate surface area is 133 Å². The lowest BCUT2D eigenvalue weighted by Gasteiger charge is -2.23. The molecule has 1 aromatic heterocycles. The van der Waals surface area contributed by atoms with Crippen molar-refractivity contribution < 1.29 is 18.3 Å². The fourth-order valence-corrected chi connectivity index (χ4v) is 2.89. The molecule has 2 heterocycles. The van der Waals surface area contributed by atoms with E-state index < -0.39 is 0 Å². The summed E-state index contributed by atoms with van der Waals surface area (Å²) in [4.78, 5) is 0. The van der Waals surface area contributed by atoms with Crippen LogP contribution in [0.4, 0.5) is 4.39 Å². The Hall–Kier alpha value is -2.33. The van der Waals surface area contributed by atoms with E-state index in [-0.39, 0.29) is 12.1 Å². The Kier molecular flexibility index (Phi) is 3.75. The Morgan fingerprint density at radius 3 is 2.65 bits per heavy atom. The van der Waals surface area contributed by atoms with Gasteiger partial charge in [0.05, 0.1) is 12.9 Å². The highest BCUT2D eigenvalue weighted by Crippen LogP contribution is 2.29. The number of fused-ring (bicyclic) bond motifs is 1. The summed E-state index contributed by atoms with van der Waals surface area (Å²) in [6, 6.07) is 12.8. The molecule has 1 saturated heterocycles. The first-order valence-electron chi connectivity index (χ1n) is 7.85. The zero-order valence-electron chi connectivity index (χ0n) is 12.6. The van der Waals surface area contributed by atoms with E-state index >= 15 is 0 Å². The number of ether oxygens (including phenoxy) is 2. The number of hydrogen-bond donors (Lipinski definition) is 0. The fourth-order valence-electron chi connectivity index (χ4n) is 2.89. The van der Waals surface area contributed by atoms with Gasteiger partial charge in [-0.2, -0.15) is 0 Å². The van der Waals surface area contributed by atoms with Crippen molar-refractivity contribution in [2.24, 2.45) is 0 Å². The monoisotopic (exact) mass is 312 g/mol. The first-order valence-corrected chi connectivity index (χ1v) is 7.85. The Morgan fingerprint density at radius 1 is 1.00 bits per heavy atom. The summed E-state index contributed by atoms with van der Waals surface area (Å²) >= 11 is 0. The van der Waals surface area contributed by atoms with Gasteiger partial charge in [0.25, 0.3) is 0 Å². The number of hydrogen-bond acceptors (Lipinski definition) is 3. The SMILES string of the molecule is Fc1cc(-c2ccc(OC3CCCCO3)cc2)cc2ccoc12. The molecule has 0 bridgehead atoms. The van der Waals surface area contributed by atoms with Crippen molar-refractivity contribution in [2.45, 2.75) is 25.6 Å². The minimum absolute atomic E-state index is 0.158. The summed E-state index contributed by atoms with van der Waals surface area (Å²) < 4.78 is 30.5. The van der Waals surface area contributed by atoms with Gasteiger partial charge in [0.15, 0.2) is 17.7 Å². The smallest absolute Gasteiger partial charge is 0.199 e. The molecule has 0 spiro atoms. The van der Waals surface area contributed by atoms with Gasteiger partial charge in [0, 0.05) is 11.8 Å². The lowest BCUT2D eigenvalue weighted by Crippen LogP contribution is -2.24. The van der Waals surface area contributed by atoms with E-state index in [1.165, 1.54) is 12.3 Å². The number of benzene rings is 2. The van der Waals surface area contributed by atoms with Gasteiger partial charge in [-0.25, -0.2) is 4.39 Å². The molecule has 1 aliphatic heterocycles. The van der Waals surface area contributed by atoms with Crippen molar-refractivity contribution in [3.63, 3.8) is 0 Å². The quantitative estimate of drug-likeness (QED) is 0.670. The third-order valence-electron chi connectivity index (χ3n) is 4.10. The minimum Gasteiger partial charge on any atom is -0.465 e. The summed E-state index contributed by atoms with van der Waals surface area (Å²) in [5.74, 6) is 0.420. The molecule has 4 heteroatoms. The summed E-state index contributed by atoms with van der Waals surface area (Å²) in [7, 11) is 0. The molecule has 3 nitrogen and oxygen atoms in total. The van der Waals surface area contributed by atoms with E-state index in [1.54, 1.807) is 6.07 Å². The molecule has 4 rings (SSSR count). The predicted molar refractivity (Wildman–Crippen MR) is 85.8 cm³/mol. The van der Waals surface area contributed by atoms with Crippen LogP contribution >= 0.6 is 0 Å². The van der Waals surface area contributed by atoms with Crippen LogP contribution in [0.5, 0.6) is 5.75 Å². The molecule has 0 N–H and O–H groups in total. The Morgan fingerprint density at radius 2 is 1.87 bits per heavy atom. The van der Waals surface area contributed by atoms with Crippen LogP contribution in [0.25, 0.3) is 22.1 Å². The molecule has 0 saturated carbocycles. The van der Waals surface area contributed by atoms with Crippen LogP contribution in [-0.2, 0) is 4.74 Å². The van der Waals surface area contributed by atoms with Gasteiger partial charge in [-0.15, -0.1) is 0 Å². The maximum Gasteiger partial charge on any atom is 0.199 e. The largest absolute Gasteiger partial charge is 0.465 e. The van der Waals surface area contributed by atoms with Crippen molar-refractivity contribution in [1.82, 2.24) is 0 Å². The Balaban J connectivity index is 1.56. The second-order valence-corrected chi connectivity index (χ2v) is 5.74. The van der Waals surface area contributed by atoms with Crippen LogP contribution in [0.3, 0.4) is 0 Å². The van der Waals surface area contributed by atoms with Crippen molar-refractivity contribution in [2.75, 3.05) is 6.61 Å². The standard InChI is InChI=1S/C19H17FO3/c20-17-12-15(11-14-8-10-22-19(14)17)13-4-6-16(7-5-13)23-18-3-1-2-9-21-18/h4-8,10-12,18H,1-3,9H2. The molecule has 1 unspecified atom stereocenters. The highest BCUT2D eigenvalue weighted by atomic mass is 19.1. The highest BCUT2D eigenvalue weighted by Gasteiger charge is 2.15. The van der Waals surface area contributed by atoms with Gasteiger partial charge in [0.2, 0.25) is 0 Å². The van der Waals surface area contributed by atoms with Crippen LogP contribution in [0.2, 0.25) is 0 Å². The van der Waals surface area contributed by atoms with Crippen molar-refractivity contribution in [1.29, 1.82) is 0 Å². The molecule has 1 atom stereocenters. The maximum atomic E-state index is 14.0. The molecule has 0 amide bonds. The highest BCUT2D eigenvalue weighted by molar-refractivity contribution is 5.84. The molecule has 0 radical (unpaired) electrons. The van der Waals surface area contributed by atoms with Crippen LogP contribution in [0, 0.1) is 5.82 Å². The number of furan rings is 1. The lowest BCUT2D eigenvalue weighted by atomic mass is 10.0. The molecular weight excluding hydrogens is 295 g/mol. The van der Waals surface area contributed by atoms with Gasteiger partial charge in [-0.1, -0.05) is 12.1 Å². The average molecular weight is 312 g/mol. The molecule has 23 heavy (non-hydrogen) atoms. The fraction of sp³-hybridized carbons (Fsp3) is 0.263. The number of halogens is 1. The molecule has 1 aliphatic rings. The lowest BCUT2D eigenvalue weighted by molar-refractivity contribution is -0.105. The zero-order chi connectivity index (χ0) is 15.6. The van der Waals surface area contributed by atoms with Crippen molar-refractivity contribution in [3.8, 4) is 16.9 Å². The summed E-state index contributed by atoms with van der Waals surface area (Å²) in [6.07, 6.45) is 4.49. The maximum absolute atomic E-state index is 14.0. The predicted octanol–water partition coefficient (Wildman–Crippen LogP) is 5.14. The van der Waals surface area contributed by atoms with Crippen LogP contribution < -0.4 is 4.74 Å². The van der Waals surface area contributed by atoms with Gasteiger partial charge >= 0.3 is 0 Å². The van der Waals surface area contributed by atoms with Gasteiger partial charge in [0.1, 0.15) is 5.75 Å². The van der Waals surface area contributed by atoms with Crippen molar-refractivity contribution >= 4 is 11.0 Å². The first-order chi connectivity index (χ1) is 11.3. The molecule has 118 valence electrons. The van der Waals surface area contributed by atoms with Crippen LogP contribution in [0.15, 0.2) is 53.1 Å². The third-order valence-corrected chi connectivity index (χ3v) is 4.10. The second kappa shape index (κ2) is 6.05. The van der Waals surface area contributed by atoms with E-state index in [9.17, 15) is 4.39 Å². The first kappa shape index (κ1) is 14.3. The van der Waals surface area contributed by atoms with E-state index in [2.05, 4.69) is 0 Å². The van der Waals surface area contributed by atoms with Crippen LogP contribution in [-0.4, -0.2) is 12.9 Å². The summed E-state index contributed by atoms with van der Waals surface area (Å²) in [6.45, 7) is 0.757. The molecule has 3 aromatic rings. The Bertz CT molecular complexity index is 801. The van der Waals surface area contributed by atoms with Gasteiger partial charge in [-0.3, -0.25) is 0 Å². The molecule has 2 aromatic carbocycles. The van der Waals surface area contributed by atoms with Crippen LogP contribution in [0.1, 0.15) is 19.3 Å².